The number of amides is 4. The highest BCUT2D eigenvalue weighted by molar-refractivity contribution is 6.01. The number of nitrogens with one attached hydrogen (secondary N) is 4. The van der Waals surface area contributed by atoms with Crippen molar-refractivity contribution in [2.75, 3.05) is 57.1 Å². The predicted molar refractivity (Wildman–Crippen MR) is 166 cm³/mol. The van der Waals surface area contributed by atoms with E-state index in [4.69, 9.17) is 18.9 Å². The molecule has 3 rings (SSSR count). The number of hydrogen-bond acceptors (Lipinski definition) is 8. The van der Waals surface area contributed by atoms with Crippen LogP contribution in [0.15, 0.2) is 66.7 Å². The molecule has 0 saturated heterocycles. The van der Waals surface area contributed by atoms with Crippen molar-refractivity contribution in [2.24, 2.45) is 0 Å². The van der Waals surface area contributed by atoms with Crippen LogP contribution in [0.25, 0.3) is 0 Å². The number of esters is 1. The highest BCUT2D eigenvalue weighted by Crippen LogP contribution is 2.27. The number of hydrogen-bond donors (Lipinski definition) is 4. The van der Waals surface area contributed by atoms with Gasteiger partial charge in [0.2, 0.25) is 11.8 Å². The monoisotopic (exact) mass is 606 g/mol. The van der Waals surface area contributed by atoms with Crippen LogP contribution in [-0.2, 0) is 35.0 Å². The van der Waals surface area contributed by atoms with Crippen LogP contribution in [0.5, 0.6) is 5.75 Å². The van der Waals surface area contributed by atoms with Gasteiger partial charge < -0.3 is 40.2 Å². The predicted octanol–water partition coefficient (Wildman–Crippen LogP) is 4.21. The highest BCUT2D eigenvalue weighted by Gasteiger charge is 2.19. The standard InChI is InChI=1S/C32H38N4O8/c1-21-7-5-6-8-25(21)35-32(40)36-26-14-9-22(17-28(26)42-3)18-29(37)33-24-12-10-23(11-13-24)27(19-31(39)43-4)34-30(38)20-44-16-15-41-2/h5-14,17,27H,15-16,18-20H2,1-4H3,(H,33,37)(H,34,38)(H2,35,36,40). The Kier molecular flexibility index (Phi) is 13.2. The second-order valence-electron chi connectivity index (χ2n) is 9.72. The number of carbonyl (C=O) groups excluding carboxylic acids is 4. The number of para-hydroxylation sites is 1. The average molecular weight is 607 g/mol. The zero-order valence-electron chi connectivity index (χ0n) is 25.2. The number of anilines is 3. The lowest BCUT2D eigenvalue weighted by Crippen LogP contribution is -2.33. The molecule has 3 aromatic carbocycles. The van der Waals surface area contributed by atoms with Crippen LogP contribution in [0.3, 0.4) is 0 Å². The number of aryl methyl sites for hydroxylation is 1. The fraction of sp³-hybridized carbons (Fsp3) is 0.312. The first-order valence-electron chi connectivity index (χ1n) is 13.9. The van der Waals surface area contributed by atoms with E-state index in [2.05, 4.69) is 21.3 Å². The molecule has 0 aromatic heterocycles. The first-order chi connectivity index (χ1) is 21.2. The first kappa shape index (κ1) is 33.6. The highest BCUT2D eigenvalue weighted by atomic mass is 16.5. The third-order valence-corrected chi connectivity index (χ3v) is 6.47. The Morgan fingerprint density at radius 3 is 2.20 bits per heavy atom. The maximum absolute atomic E-state index is 12.8. The number of urea groups is 1. The van der Waals surface area contributed by atoms with Crippen molar-refractivity contribution in [1.29, 1.82) is 0 Å². The van der Waals surface area contributed by atoms with E-state index in [-0.39, 0.29) is 32.0 Å². The number of ether oxygens (including phenoxy) is 4. The Labute approximate surface area is 256 Å². The van der Waals surface area contributed by atoms with Crippen molar-refractivity contribution in [2.45, 2.75) is 25.8 Å². The molecule has 44 heavy (non-hydrogen) atoms. The van der Waals surface area contributed by atoms with E-state index in [0.29, 0.717) is 40.5 Å². The van der Waals surface area contributed by atoms with E-state index >= 15 is 0 Å². The first-order valence-corrected chi connectivity index (χ1v) is 13.9. The minimum atomic E-state index is -0.649. The number of rotatable bonds is 15. The molecule has 1 atom stereocenters. The number of methoxy groups -OCH3 is 3. The summed E-state index contributed by atoms with van der Waals surface area (Å²) in [5, 5.41) is 11.2. The molecule has 0 aliphatic heterocycles. The third-order valence-electron chi connectivity index (χ3n) is 6.47. The topological polar surface area (TPSA) is 153 Å². The molecule has 4 N–H and O–H groups in total. The summed E-state index contributed by atoms with van der Waals surface area (Å²) in [4.78, 5) is 49.6. The Balaban J connectivity index is 1.59. The number of benzene rings is 3. The molecule has 4 amide bonds. The van der Waals surface area contributed by atoms with Crippen LogP contribution in [0.4, 0.5) is 21.9 Å². The molecule has 0 fully saturated rings. The van der Waals surface area contributed by atoms with Gasteiger partial charge in [-0.2, -0.15) is 0 Å². The number of carbonyl (C=O) groups is 4. The van der Waals surface area contributed by atoms with Crippen molar-refractivity contribution < 1.29 is 38.1 Å². The van der Waals surface area contributed by atoms with Crippen LogP contribution < -0.4 is 26.0 Å². The normalized spacial score (nSPS) is 11.2. The van der Waals surface area contributed by atoms with Gasteiger partial charge in [-0.15, -0.1) is 0 Å². The Hall–Kier alpha value is -4.94. The molecular weight excluding hydrogens is 568 g/mol. The maximum atomic E-state index is 12.8. The molecular formula is C32H38N4O8. The van der Waals surface area contributed by atoms with Crippen molar-refractivity contribution in [3.8, 4) is 5.75 Å². The Bertz CT molecular complexity index is 1430. The maximum Gasteiger partial charge on any atom is 0.323 e. The van der Waals surface area contributed by atoms with Gasteiger partial charge in [0.05, 0.1) is 52.0 Å². The quantitative estimate of drug-likeness (QED) is 0.148. The van der Waals surface area contributed by atoms with Crippen molar-refractivity contribution in [1.82, 2.24) is 5.32 Å². The zero-order valence-corrected chi connectivity index (χ0v) is 25.2. The van der Waals surface area contributed by atoms with Gasteiger partial charge in [-0.05, 0) is 53.9 Å². The molecule has 0 heterocycles. The van der Waals surface area contributed by atoms with Crippen molar-refractivity contribution in [3.05, 3.63) is 83.4 Å². The lowest BCUT2D eigenvalue weighted by atomic mass is 10.0. The Morgan fingerprint density at radius 2 is 1.52 bits per heavy atom. The van der Waals surface area contributed by atoms with Gasteiger partial charge in [-0.25, -0.2) is 4.79 Å². The van der Waals surface area contributed by atoms with Crippen LogP contribution in [0.1, 0.15) is 29.2 Å². The molecule has 0 bridgehead atoms. The molecule has 0 aliphatic rings. The molecule has 12 heteroatoms. The van der Waals surface area contributed by atoms with Gasteiger partial charge in [-0.1, -0.05) is 36.4 Å². The van der Waals surface area contributed by atoms with E-state index in [1.54, 1.807) is 42.5 Å². The largest absolute Gasteiger partial charge is 0.495 e. The molecule has 234 valence electrons. The second kappa shape index (κ2) is 17.2. The van der Waals surface area contributed by atoms with Gasteiger partial charge >= 0.3 is 12.0 Å². The fourth-order valence-electron chi connectivity index (χ4n) is 4.17. The lowest BCUT2D eigenvalue weighted by Gasteiger charge is -2.19. The van der Waals surface area contributed by atoms with Gasteiger partial charge in [0.15, 0.2) is 0 Å². The summed E-state index contributed by atoms with van der Waals surface area (Å²) in [7, 11) is 4.29. The average Bonchev–Trinajstić information content (AvgIpc) is 3.01. The lowest BCUT2D eigenvalue weighted by molar-refractivity contribution is -0.141. The smallest absolute Gasteiger partial charge is 0.323 e. The van der Waals surface area contributed by atoms with Crippen LogP contribution in [0.2, 0.25) is 0 Å². The third kappa shape index (κ3) is 10.7. The molecule has 12 nitrogen and oxygen atoms in total. The molecule has 0 aliphatic carbocycles. The summed E-state index contributed by atoms with van der Waals surface area (Å²) in [5.41, 5.74) is 3.93. The zero-order chi connectivity index (χ0) is 31.9. The van der Waals surface area contributed by atoms with Gasteiger partial charge in [0.1, 0.15) is 12.4 Å². The molecule has 1 unspecified atom stereocenters. The van der Waals surface area contributed by atoms with E-state index in [1.165, 1.54) is 21.3 Å². The summed E-state index contributed by atoms with van der Waals surface area (Å²) >= 11 is 0. The van der Waals surface area contributed by atoms with Crippen LogP contribution >= 0.6 is 0 Å². The van der Waals surface area contributed by atoms with Crippen molar-refractivity contribution in [3.63, 3.8) is 0 Å². The summed E-state index contributed by atoms with van der Waals surface area (Å²) in [6.45, 7) is 2.34. The molecule has 0 saturated carbocycles. The molecule has 3 aromatic rings. The summed E-state index contributed by atoms with van der Waals surface area (Å²) in [6.07, 6.45) is -0.0237. The minimum Gasteiger partial charge on any atom is -0.495 e. The van der Waals surface area contributed by atoms with Crippen LogP contribution in [-0.4, -0.2) is 65.0 Å². The molecule has 0 radical (unpaired) electrons. The van der Waals surface area contributed by atoms with E-state index in [9.17, 15) is 19.2 Å². The molecule has 0 spiro atoms. The van der Waals surface area contributed by atoms with Gasteiger partial charge in [0.25, 0.3) is 0 Å². The SMILES string of the molecule is COCCOCC(=O)NC(CC(=O)OC)c1ccc(NC(=O)Cc2ccc(NC(=O)Nc3ccccc3C)c(OC)c2)cc1. The fourth-order valence-corrected chi connectivity index (χ4v) is 4.17. The summed E-state index contributed by atoms with van der Waals surface area (Å²) in [5.74, 6) is -0.750. The van der Waals surface area contributed by atoms with Crippen LogP contribution in [0, 0.1) is 6.92 Å². The van der Waals surface area contributed by atoms with E-state index in [0.717, 1.165) is 5.56 Å². The summed E-state index contributed by atoms with van der Waals surface area (Å²) < 4.78 is 20.4. The Morgan fingerprint density at radius 1 is 0.795 bits per heavy atom. The van der Waals surface area contributed by atoms with E-state index in [1.807, 2.05) is 31.2 Å². The minimum absolute atomic E-state index is 0.0535. The summed E-state index contributed by atoms with van der Waals surface area (Å²) in [6, 6.07) is 18.2. The second-order valence-corrected chi connectivity index (χ2v) is 9.72. The van der Waals surface area contributed by atoms with E-state index < -0.39 is 23.9 Å². The van der Waals surface area contributed by atoms with Crippen molar-refractivity contribution >= 4 is 40.9 Å². The van der Waals surface area contributed by atoms with Gasteiger partial charge in [0, 0.05) is 18.5 Å². The van der Waals surface area contributed by atoms with Gasteiger partial charge in [-0.3, -0.25) is 14.4 Å².